The fourth-order valence-corrected chi connectivity index (χ4v) is 4.38. The lowest BCUT2D eigenvalue weighted by Crippen LogP contribution is -2.56. The first-order chi connectivity index (χ1) is 16.8. The Morgan fingerprint density at radius 2 is 1.89 bits per heavy atom. The van der Waals surface area contributed by atoms with Crippen LogP contribution in [-0.2, 0) is 4.79 Å². The average molecular weight is 477 g/mol. The smallest absolute Gasteiger partial charge is 0.360 e. The lowest BCUT2D eigenvalue weighted by molar-refractivity contribution is -0.130. The van der Waals surface area contributed by atoms with Crippen LogP contribution in [0.25, 0.3) is 22.3 Å². The minimum Gasteiger partial charge on any atom is -0.360 e. The molecular formula is C24H20FN5O5. The van der Waals surface area contributed by atoms with E-state index in [9.17, 15) is 23.6 Å². The topological polar surface area (TPSA) is 132 Å². The number of rotatable bonds is 4. The summed E-state index contributed by atoms with van der Waals surface area (Å²) in [6, 6.07) is 10.9. The number of fused-ring (bicyclic) bond motifs is 1. The number of carbonyl (C=O) groups is 3. The monoisotopic (exact) mass is 477 g/mol. The second-order valence-corrected chi connectivity index (χ2v) is 8.28. The molecule has 35 heavy (non-hydrogen) atoms. The molecule has 1 aliphatic rings. The number of nitrogens with zero attached hydrogens (tertiary/aromatic N) is 3. The summed E-state index contributed by atoms with van der Waals surface area (Å²) < 4.78 is 19.3. The molecule has 10 nitrogen and oxygen atoms in total. The summed E-state index contributed by atoms with van der Waals surface area (Å²) in [5.41, 5.74) is 0.913. The maximum atomic E-state index is 14.8. The fraction of sp³-hybridized carbons (Fsp3) is 0.208. The van der Waals surface area contributed by atoms with Gasteiger partial charge in [0.1, 0.15) is 5.82 Å². The van der Waals surface area contributed by atoms with Crippen molar-refractivity contribution in [3.05, 3.63) is 76.2 Å². The summed E-state index contributed by atoms with van der Waals surface area (Å²) in [6.07, 6.45) is 1.26. The Labute approximate surface area is 197 Å². The predicted octanol–water partition coefficient (Wildman–Crippen LogP) is 2.21. The second kappa shape index (κ2) is 8.67. The molecule has 0 unspecified atom stereocenters. The van der Waals surface area contributed by atoms with Crippen molar-refractivity contribution < 1.29 is 23.3 Å². The van der Waals surface area contributed by atoms with Crippen molar-refractivity contribution in [1.82, 2.24) is 24.9 Å². The highest BCUT2D eigenvalue weighted by molar-refractivity contribution is 6.45. The van der Waals surface area contributed by atoms with Gasteiger partial charge in [0.25, 0.3) is 17.6 Å². The molecule has 1 fully saturated rings. The number of halogens is 1. The molecule has 178 valence electrons. The lowest BCUT2D eigenvalue weighted by atomic mass is 10.0. The van der Waals surface area contributed by atoms with Crippen molar-refractivity contribution >= 4 is 28.5 Å². The van der Waals surface area contributed by atoms with E-state index in [2.05, 4.69) is 19.6 Å². The van der Waals surface area contributed by atoms with Crippen LogP contribution in [0.5, 0.6) is 0 Å². The van der Waals surface area contributed by atoms with Gasteiger partial charge in [-0.15, -0.1) is 0 Å². The predicted molar refractivity (Wildman–Crippen MR) is 122 cm³/mol. The van der Waals surface area contributed by atoms with Gasteiger partial charge < -0.3 is 14.8 Å². The zero-order valence-corrected chi connectivity index (χ0v) is 18.6. The Bertz CT molecular complexity index is 1510. The van der Waals surface area contributed by atoms with Crippen molar-refractivity contribution in [1.29, 1.82) is 0 Å². The first kappa shape index (κ1) is 22.3. The van der Waals surface area contributed by atoms with Crippen LogP contribution in [-0.4, -0.2) is 68.2 Å². The molecular weight excluding hydrogens is 457 g/mol. The molecule has 2 aromatic carbocycles. The van der Waals surface area contributed by atoms with Gasteiger partial charge in [-0.1, -0.05) is 23.4 Å². The van der Waals surface area contributed by atoms with E-state index in [1.54, 1.807) is 36.1 Å². The zero-order valence-electron chi connectivity index (χ0n) is 18.6. The minimum atomic E-state index is -0.879. The van der Waals surface area contributed by atoms with Gasteiger partial charge in [-0.2, -0.15) is 0 Å². The van der Waals surface area contributed by atoms with Crippen LogP contribution in [0.1, 0.15) is 27.6 Å². The number of carbonyl (C=O) groups excluding carboxylic acids is 3. The number of hydrogen-bond donors (Lipinski definition) is 2. The normalized spacial score (nSPS) is 16.0. The van der Waals surface area contributed by atoms with Gasteiger partial charge in [0.05, 0.1) is 11.1 Å². The van der Waals surface area contributed by atoms with Crippen LogP contribution < -0.4 is 5.76 Å². The Kier molecular flexibility index (Phi) is 5.51. The van der Waals surface area contributed by atoms with E-state index in [0.29, 0.717) is 11.1 Å². The van der Waals surface area contributed by atoms with E-state index in [1.807, 2.05) is 6.07 Å². The third-order valence-corrected chi connectivity index (χ3v) is 6.12. The van der Waals surface area contributed by atoms with E-state index in [4.69, 9.17) is 0 Å². The van der Waals surface area contributed by atoms with Crippen LogP contribution in [0.2, 0.25) is 0 Å². The van der Waals surface area contributed by atoms with Crippen LogP contribution >= 0.6 is 0 Å². The third-order valence-electron chi connectivity index (χ3n) is 6.12. The Morgan fingerprint density at radius 3 is 2.57 bits per heavy atom. The fourth-order valence-electron chi connectivity index (χ4n) is 4.38. The van der Waals surface area contributed by atoms with Gasteiger partial charge in [0, 0.05) is 48.4 Å². The molecule has 1 saturated heterocycles. The standard InChI is InChI=1S/C24H20FN5O5/c1-13-12-29(22(32)14-5-3-2-4-6-14)9-10-30(13)23(33)20(31)16-11-26-19-15(7-8-17(25)18(16)19)21-27-24(34)35-28-21/h2-8,11,13,26H,9-10,12H2,1H3,(H,27,28,34)/t13-/m1/s1. The van der Waals surface area contributed by atoms with Crippen LogP contribution in [0.3, 0.4) is 0 Å². The van der Waals surface area contributed by atoms with Gasteiger partial charge in [-0.05, 0) is 31.2 Å². The Morgan fingerprint density at radius 1 is 1.11 bits per heavy atom. The third kappa shape index (κ3) is 3.90. The molecule has 0 radical (unpaired) electrons. The van der Waals surface area contributed by atoms with Gasteiger partial charge in [-0.3, -0.25) is 23.9 Å². The van der Waals surface area contributed by atoms with E-state index in [1.165, 1.54) is 17.2 Å². The van der Waals surface area contributed by atoms with Crippen LogP contribution in [0.15, 0.2) is 58.0 Å². The Hall–Kier alpha value is -4.54. The number of ketones is 1. The largest absolute Gasteiger partial charge is 0.439 e. The first-order valence-corrected chi connectivity index (χ1v) is 10.9. The molecule has 2 aromatic heterocycles. The molecule has 0 aliphatic carbocycles. The SMILES string of the molecule is C[C@@H]1CN(C(=O)c2ccccc2)CCN1C(=O)C(=O)c1c[nH]c2c(-c3noc(=O)[nH]3)ccc(F)c12. The molecule has 5 rings (SSSR count). The average Bonchev–Trinajstić information content (AvgIpc) is 3.51. The summed E-state index contributed by atoms with van der Waals surface area (Å²) >= 11 is 0. The number of nitrogens with one attached hydrogen (secondary N) is 2. The van der Waals surface area contributed by atoms with Crippen LogP contribution in [0, 0.1) is 5.82 Å². The molecule has 3 heterocycles. The molecule has 2 N–H and O–H groups in total. The molecule has 11 heteroatoms. The van der Waals surface area contributed by atoms with Crippen molar-refractivity contribution in [2.75, 3.05) is 19.6 Å². The summed E-state index contributed by atoms with van der Waals surface area (Å²) in [5, 5.41) is 3.52. The summed E-state index contributed by atoms with van der Waals surface area (Å²) in [4.78, 5) is 58.6. The van der Waals surface area contributed by atoms with Crippen LogP contribution in [0.4, 0.5) is 4.39 Å². The molecule has 2 amide bonds. The number of aromatic nitrogens is 3. The number of amides is 2. The highest BCUT2D eigenvalue weighted by atomic mass is 19.1. The first-order valence-electron chi connectivity index (χ1n) is 10.9. The van der Waals surface area contributed by atoms with Crippen molar-refractivity contribution in [3.63, 3.8) is 0 Å². The lowest BCUT2D eigenvalue weighted by Gasteiger charge is -2.39. The molecule has 0 bridgehead atoms. The summed E-state index contributed by atoms with van der Waals surface area (Å²) in [5.74, 6) is -3.25. The van der Waals surface area contributed by atoms with Crippen molar-refractivity contribution in [2.45, 2.75) is 13.0 Å². The van der Waals surface area contributed by atoms with Gasteiger partial charge in [0.15, 0.2) is 5.82 Å². The second-order valence-electron chi connectivity index (χ2n) is 8.28. The van der Waals surface area contributed by atoms with E-state index >= 15 is 0 Å². The maximum absolute atomic E-state index is 14.8. The molecule has 0 saturated carbocycles. The summed E-state index contributed by atoms with van der Waals surface area (Å²) in [6.45, 7) is 2.45. The molecule has 1 atom stereocenters. The van der Waals surface area contributed by atoms with Gasteiger partial charge in [0.2, 0.25) is 0 Å². The highest BCUT2D eigenvalue weighted by Crippen LogP contribution is 2.30. The number of Topliss-reactive ketones (excluding diaryl/α,β-unsaturated/α-hetero) is 1. The Balaban J connectivity index is 1.38. The van der Waals surface area contributed by atoms with E-state index in [0.717, 1.165) is 6.07 Å². The van der Waals surface area contributed by atoms with E-state index < -0.39 is 29.3 Å². The number of H-pyrrole nitrogens is 2. The zero-order chi connectivity index (χ0) is 24.7. The van der Waals surface area contributed by atoms with Crippen molar-refractivity contribution in [2.24, 2.45) is 0 Å². The van der Waals surface area contributed by atoms with Gasteiger partial charge in [-0.25, -0.2) is 9.18 Å². The number of hydrogen-bond acceptors (Lipinski definition) is 6. The summed E-state index contributed by atoms with van der Waals surface area (Å²) in [7, 11) is 0. The molecule has 4 aromatic rings. The van der Waals surface area contributed by atoms with Gasteiger partial charge >= 0.3 is 5.76 Å². The number of piperazine rings is 1. The minimum absolute atomic E-state index is 0.0556. The molecule has 0 spiro atoms. The number of benzene rings is 2. The quantitative estimate of drug-likeness (QED) is 0.342. The van der Waals surface area contributed by atoms with Crippen molar-refractivity contribution in [3.8, 4) is 11.4 Å². The highest BCUT2D eigenvalue weighted by Gasteiger charge is 2.34. The maximum Gasteiger partial charge on any atom is 0.439 e. The number of aromatic amines is 2. The van der Waals surface area contributed by atoms with E-state index in [-0.39, 0.29) is 47.8 Å². The molecule has 1 aliphatic heterocycles.